The van der Waals surface area contributed by atoms with Gasteiger partial charge < -0.3 is 4.74 Å². The summed E-state index contributed by atoms with van der Waals surface area (Å²) in [7, 11) is 0. The van der Waals surface area contributed by atoms with E-state index in [0.29, 0.717) is 5.57 Å². The molecule has 0 N–H and O–H groups in total. The predicted octanol–water partition coefficient (Wildman–Crippen LogP) is 5.09. The third kappa shape index (κ3) is 3.72. The van der Waals surface area contributed by atoms with Crippen molar-refractivity contribution in [2.24, 2.45) is 0 Å². The molecule has 0 saturated carbocycles. The zero-order valence-electron chi connectivity index (χ0n) is 11.8. The summed E-state index contributed by atoms with van der Waals surface area (Å²) in [5.41, 5.74) is 1.59. The van der Waals surface area contributed by atoms with Crippen molar-refractivity contribution in [1.82, 2.24) is 0 Å². The van der Waals surface area contributed by atoms with Crippen LogP contribution in [-0.2, 0) is 16.1 Å². The van der Waals surface area contributed by atoms with Crippen molar-refractivity contribution in [2.75, 3.05) is 0 Å². The summed E-state index contributed by atoms with van der Waals surface area (Å²) < 4.78 is 5.47. The van der Waals surface area contributed by atoms with Gasteiger partial charge in [-0.1, -0.05) is 42.5 Å². The van der Waals surface area contributed by atoms with Gasteiger partial charge in [0, 0.05) is 9.75 Å². The normalized spacial score (nSPS) is 11.4. The van der Waals surface area contributed by atoms with Crippen molar-refractivity contribution >= 4 is 40.3 Å². The molecule has 0 aliphatic rings. The molecule has 2 heterocycles. The highest BCUT2D eigenvalue weighted by molar-refractivity contribution is 7.12. The molecule has 0 aliphatic carbocycles. The van der Waals surface area contributed by atoms with Gasteiger partial charge in [-0.3, -0.25) is 0 Å². The summed E-state index contributed by atoms with van der Waals surface area (Å²) in [5, 5.41) is 3.95. The van der Waals surface area contributed by atoms with Crippen LogP contribution in [0.15, 0.2) is 65.4 Å². The zero-order chi connectivity index (χ0) is 15.2. The van der Waals surface area contributed by atoms with Gasteiger partial charge in [-0.05, 0) is 34.5 Å². The van der Waals surface area contributed by atoms with E-state index < -0.39 is 0 Å². The molecule has 3 aromatic rings. The first-order chi connectivity index (χ1) is 10.8. The number of esters is 1. The van der Waals surface area contributed by atoms with E-state index >= 15 is 0 Å². The number of thiophene rings is 2. The lowest BCUT2D eigenvalue weighted by molar-refractivity contribution is -0.137. The van der Waals surface area contributed by atoms with Crippen LogP contribution in [0.25, 0.3) is 11.6 Å². The van der Waals surface area contributed by atoms with Crippen LogP contribution in [0.3, 0.4) is 0 Å². The van der Waals surface area contributed by atoms with Gasteiger partial charge in [0.05, 0.1) is 5.57 Å². The van der Waals surface area contributed by atoms with Gasteiger partial charge in [0.2, 0.25) is 0 Å². The SMILES string of the molecule is O=C(OCc1ccccc1)C(=Cc1cccs1)c1cccs1. The zero-order valence-corrected chi connectivity index (χ0v) is 13.4. The molecule has 2 aromatic heterocycles. The van der Waals surface area contributed by atoms with E-state index in [0.717, 1.165) is 15.3 Å². The summed E-state index contributed by atoms with van der Waals surface area (Å²) >= 11 is 3.14. The molecule has 3 rings (SSSR count). The first-order valence-corrected chi connectivity index (χ1v) is 8.59. The highest BCUT2D eigenvalue weighted by Crippen LogP contribution is 2.26. The van der Waals surface area contributed by atoms with Crippen LogP contribution in [-0.4, -0.2) is 5.97 Å². The van der Waals surface area contributed by atoms with Gasteiger partial charge in [-0.15, -0.1) is 22.7 Å². The average molecular weight is 326 g/mol. The smallest absolute Gasteiger partial charge is 0.339 e. The summed E-state index contributed by atoms with van der Waals surface area (Å²) in [4.78, 5) is 14.4. The lowest BCUT2D eigenvalue weighted by atomic mass is 10.2. The Morgan fingerprint density at radius 2 is 1.73 bits per heavy atom. The van der Waals surface area contributed by atoms with E-state index in [1.165, 1.54) is 11.3 Å². The molecule has 2 nitrogen and oxygen atoms in total. The molecule has 110 valence electrons. The Hall–Kier alpha value is -2.17. The van der Waals surface area contributed by atoms with Crippen LogP contribution < -0.4 is 0 Å². The topological polar surface area (TPSA) is 26.3 Å². The van der Waals surface area contributed by atoms with Gasteiger partial charge in [0.25, 0.3) is 0 Å². The molecule has 0 saturated heterocycles. The van der Waals surface area contributed by atoms with E-state index in [2.05, 4.69) is 0 Å². The van der Waals surface area contributed by atoms with Crippen molar-refractivity contribution in [3.63, 3.8) is 0 Å². The van der Waals surface area contributed by atoms with Crippen molar-refractivity contribution < 1.29 is 9.53 Å². The number of carbonyl (C=O) groups is 1. The van der Waals surface area contributed by atoms with Crippen LogP contribution in [0.5, 0.6) is 0 Å². The first kappa shape index (κ1) is 14.8. The highest BCUT2D eigenvalue weighted by Gasteiger charge is 2.15. The largest absolute Gasteiger partial charge is 0.457 e. The Morgan fingerprint density at radius 3 is 2.41 bits per heavy atom. The van der Waals surface area contributed by atoms with Gasteiger partial charge in [0.1, 0.15) is 6.61 Å². The minimum atomic E-state index is -0.292. The highest BCUT2D eigenvalue weighted by atomic mass is 32.1. The van der Waals surface area contributed by atoms with Crippen LogP contribution in [0.1, 0.15) is 15.3 Å². The van der Waals surface area contributed by atoms with E-state index in [1.54, 1.807) is 11.3 Å². The average Bonchev–Trinajstić information content (AvgIpc) is 3.24. The maximum absolute atomic E-state index is 12.5. The van der Waals surface area contributed by atoms with Crippen LogP contribution in [0.4, 0.5) is 0 Å². The fourth-order valence-corrected chi connectivity index (χ4v) is 3.37. The quantitative estimate of drug-likeness (QED) is 0.482. The molecule has 0 bridgehead atoms. The summed E-state index contributed by atoms with van der Waals surface area (Å²) in [6.45, 7) is 0.285. The fraction of sp³-hybridized carbons (Fsp3) is 0.0556. The van der Waals surface area contributed by atoms with E-state index in [-0.39, 0.29) is 12.6 Å². The summed E-state index contributed by atoms with van der Waals surface area (Å²) in [6.07, 6.45) is 1.89. The number of benzene rings is 1. The third-order valence-corrected chi connectivity index (χ3v) is 4.77. The minimum Gasteiger partial charge on any atom is -0.457 e. The lowest BCUT2D eigenvalue weighted by Gasteiger charge is -2.07. The maximum atomic E-state index is 12.5. The number of ether oxygens (including phenoxy) is 1. The molecule has 0 amide bonds. The second-order valence-corrected chi connectivity index (χ2v) is 6.54. The third-order valence-electron chi connectivity index (χ3n) is 3.05. The maximum Gasteiger partial charge on any atom is 0.339 e. The number of rotatable bonds is 5. The molecule has 0 fully saturated rings. The van der Waals surface area contributed by atoms with Crippen molar-refractivity contribution in [3.05, 3.63) is 80.7 Å². The van der Waals surface area contributed by atoms with Gasteiger partial charge in [0.15, 0.2) is 0 Å². The molecule has 4 heteroatoms. The number of carbonyl (C=O) groups excluding carboxylic acids is 1. The minimum absolute atomic E-state index is 0.285. The van der Waals surface area contributed by atoms with Gasteiger partial charge in [-0.2, -0.15) is 0 Å². The molecule has 22 heavy (non-hydrogen) atoms. The van der Waals surface area contributed by atoms with Crippen LogP contribution >= 0.6 is 22.7 Å². The van der Waals surface area contributed by atoms with E-state index in [4.69, 9.17) is 4.74 Å². The lowest BCUT2D eigenvalue weighted by Crippen LogP contribution is -2.06. The second kappa shape index (κ2) is 7.20. The molecular weight excluding hydrogens is 312 g/mol. The Morgan fingerprint density at radius 1 is 0.955 bits per heavy atom. The van der Waals surface area contributed by atoms with E-state index in [9.17, 15) is 4.79 Å². The molecule has 0 spiro atoms. The Labute approximate surface area is 137 Å². The molecular formula is C18H14O2S2. The molecule has 0 aliphatic heterocycles. The van der Waals surface area contributed by atoms with Gasteiger partial charge >= 0.3 is 5.97 Å². The van der Waals surface area contributed by atoms with Gasteiger partial charge in [-0.25, -0.2) is 4.79 Å². The Bertz CT molecular complexity index is 742. The van der Waals surface area contributed by atoms with Crippen molar-refractivity contribution in [1.29, 1.82) is 0 Å². The molecule has 0 radical (unpaired) electrons. The monoisotopic (exact) mass is 326 g/mol. The van der Waals surface area contributed by atoms with Crippen LogP contribution in [0, 0.1) is 0 Å². The standard InChI is InChI=1S/C18H14O2S2/c19-18(20-13-14-6-2-1-3-7-14)16(17-9-5-11-22-17)12-15-8-4-10-21-15/h1-12H,13H2. The number of hydrogen-bond donors (Lipinski definition) is 0. The van der Waals surface area contributed by atoms with Crippen LogP contribution in [0.2, 0.25) is 0 Å². The van der Waals surface area contributed by atoms with Crippen molar-refractivity contribution in [2.45, 2.75) is 6.61 Å². The Kier molecular flexibility index (Phi) is 4.83. The second-order valence-electron chi connectivity index (χ2n) is 4.61. The van der Waals surface area contributed by atoms with Crippen molar-refractivity contribution in [3.8, 4) is 0 Å². The number of hydrogen-bond acceptors (Lipinski definition) is 4. The predicted molar refractivity (Wildman–Crippen MR) is 92.7 cm³/mol. The molecule has 1 aromatic carbocycles. The summed E-state index contributed by atoms with van der Waals surface area (Å²) in [5.74, 6) is -0.292. The molecule has 0 atom stereocenters. The van der Waals surface area contributed by atoms with E-state index in [1.807, 2.05) is 71.4 Å². The first-order valence-electron chi connectivity index (χ1n) is 6.83. The Balaban J connectivity index is 1.79. The fourth-order valence-electron chi connectivity index (χ4n) is 1.98. The molecule has 0 unspecified atom stereocenters. The summed E-state index contributed by atoms with van der Waals surface area (Å²) in [6, 6.07) is 17.5.